The number of likely N-dealkylation sites (tertiary alicyclic amines) is 1. The van der Waals surface area contributed by atoms with Crippen LogP contribution in [-0.2, 0) is 6.54 Å². The molecule has 60 valence electrons. The standard InChI is InChI=1S/C8H13N3/c1-7-5-9-10-8(7)6-11-3-2-4-11/h5H,2-4,6H2,1H3,(H,9,10). The second-order valence-electron chi connectivity index (χ2n) is 3.16. The van der Waals surface area contributed by atoms with Gasteiger partial charge in [0.2, 0.25) is 0 Å². The molecule has 1 aliphatic rings. The van der Waals surface area contributed by atoms with Crippen molar-refractivity contribution >= 4 is 0 Å². The van der Waals surface area contributed by atoms with Gasteiger partial charge in [-0.15, -0.1) is 0 Å². The fourth-order valence-electron chi connectivity index (χ4n) is 1.30. The number of aromatic amines is 1. The van der Waals surface area contributed by atoms with Crippen molar-refractivity contribution in [2.45, 2.75) is 19.9 Å². The molecule has 0 bridgehead atoms. The van der Waals surface area contributed by atoms with Gasteiger partial charge in [0, 0.05) is 6.54 Å². The third kappa shape index (κ3) is 1.28. The largest absolute Gasteiger partial charge is 0.297 e. The van der Waals surface area contributed by atoms with Crippen LogP contribution in [0.1, 0.15) is 17.7 Å². The molecule has 3 nitrogen and oxygen atoms in total. The van der Waals surface area contributed by atoms with Gasteiger partial charge in [-0.2, -0.15) is 5.10 Å². The Labute approximate surface area is 66.4 Å². The van der Waals surface area contributed by atoms with E-state index in [2.05, 4.69) is 22.0 Å². The number of nitrogens with zero attached hydrogens (tertiary/aromatic N) is 2. The predicted molar refractivity (Wildman–Crippen MR) is 43.2 cm³/mol. The average molecular weight is 151 g/mol. The molecule has 3 heteroatoms. The van der Waals surface area contributed by atoms with E-state index in [4.69, 9.17) is 0 Å². The van der Waals surface area contributed by atoms with E-state index in [1.165, 1.54) is 30.8 Å². The van der Waals surface area contributed by atoms with E-state index in [-0.39, 0.29) is 0 Å². The monoisotopic (exact) mass is 151 g/mol. The van der Waals surface area contributed by atoms with E-state index in [1.54, 1.807) is 0 Å². The number of nitrogens with one attached hydrogen (secondary N) is 1. The molecular weight excluding hydrogens is 138 g/mol. The maximum atomic E-state index is 3.98. The zero-order chi connectivity index (χ0) is 7.68. The first-order valence-electron chi connectivity index (χ1n) is 4.07. The van der Waals surface area contributed by atoms with E-state index in [0.29, 0.717) is 0 Å². The Morgan fingerprint density at radius 2 is 2.45 bits per heavy atom. The van der Waals surface area contributed by atoms with Crippen LogP contribution >= 0.6 is 0 Å². The number of hydrogen-bond donors (Lipinski definition) is 1. The Hall–Kier alpha value is -0.830. The molecule has 1 aromatic heterocycles. The second-order valence-corrected chi connectivity index (χ2v) is 3.16. The van der Waals surface area contributed by atoms with Crippen molar-refractivity contribution in [1.29, 1.82) is 0 Å². The van der Waals surface area contributed by atoms with Crippen LogP contribution in [0.4, 0.5) is 0 Å². The molecule has 1 aliphatic heterocycles. The Kier molecular flexibility index (Phi) is 1.66. The fraction of sp³-hybridized carbons (Fsp3) is 0.625. The van der Waals surface area contributed by atoms with Crippen molar-refractivity contribution in [3.8, 4) is 0 Å². The number of aryl methyl sites for hydroxylation is 1. The van der Waals surface area contributed by atoms with Crippen molar-refractivity contribution in [2.75, 3.05) is 13.1 Å². The van der Waals surface area contributed by atoms with Gasteiger partial charge in [-0.25, -0.2) is 0 Å². The molecule has 0 spiro atoms. The first-order valence-corrected chi connectivity index (χ1v) is 4.07. The Balaban J connectivity index is 1.99. The number of hydrogen-bond acceptors (Lipinski definition) is 2. The van der Waals surface area contributed by atoms with E-state index < -0.39 is 0 Å². The minimum atomic E-state index is 1.05. The van der Waals surface area contributed by atoms with Crippen molar-refractivity contribution in [1.82, 2.24) is 15.1 Å². The molecule has 1 saturated heterocycles. The lowest BCUT2D eigenvalue weighted by atomic mass is 10.2. The van der Waals surface area contributed by atoms with Gasteiger partial charge in [0.1, 0.15) is 0 Å². The third-order valence-corrected chi connectivity index (χ3v) is 2.26. The SMILES string of the molecule is Cc1cn[nH]c1CN1CCC1. The molecule has 0 atom stereocenters. The van der Waals surface area contributed by atoms with Gasteiger partial charge in [-0.1, -0.05) is 0 Å². The van der Waals surface area contributed by atoms with Crippen LogP contribution in [0, 0.1) is 6.92 Å². The molecule has 0 amide bonds. The van der Waals surface area contributed by atoms with Crippen LogP contribution in [0.25, 0.3) is 0 Å². The highest BCUT2D eigenvalue weighted by molar-refractivity contribution is 5.13. The molecule has 11 heavy (non-hydrogen) atoms. The van der Waals surface area contributed by atoms with Crippen molar-refractivity contribution in [3.63, 3.8) is 0 Å². The fourth-order valence-corrected chi connectivity index (χ4v) is 1.30. The van der Waals surface area contributed by atoms with Gasteiger partial charge in [0.05, 0.1) is 11.9 Å². The molecule has 1 N–H and O–H groups in total. The minimum absolute atomic E-state index is 1.05. The van der Waals surface area contributed by atoms with Gasteiger partial charge in [0.15, 0.2) is 0 Å². The van der Waals surface area contributed by atoms with Gasteiger partial charge in [-0.05, 0) is 32.0 Å². The summed E-state index contributed by atoms with van der Waals surface area (Å²) in [6, 6.07) is 0. The predicted octanol–water partition coefficient (Wildman–Crippen LogP) is 0.924. The van der Waals surface area contributed by atoms with E-state index in [0.717, 1.165) is 6.54 Å². The normalized spacial score (nSPS) is 18.3. The summed E-state index contributed by atoms with van der Waals surface area (Å²) in [5, 5.41) is 6.99. The highest BCUT2D eigenvalue weighted by Gasteiger charge is 2.14. The highest BCUT2D eigenvalue weighted by atomic mass is 15.2. The van der Waals surface area contributed by atoms with Crippen LogP contribution < -0.4 is 0 Å². The minimum Gasteiger partial charge on any atom is -0.297 e. The van der Waals surface area contributed by atoms with Crippen molar-refractivity contribution in [2.24, 2.45) is 0 Å². The smallest absolute Gasteiger partial charge is 0.0521 e. The lowest BCUT2D eigenvalue weighted by Gasteiger charge is -2.30. The van der Waals surface area contributed by atoms with Crippen molar-refractivity contribution < 1.29 is 0 Å². The lowest BCUT2D eigenvalue weighted by molar-refractivity contribution is 0.170. The Bertz CT molecular complexity index is 237. The highest BCUT2D eigenvalue weighted by Crippen LogP contribution is 2.12. The molecule has 0 saturated carbocycles. The molecule has 0 unspecified atom stereocenters. The Morgan fingerprint density at radius 1 is 1.64 bits per heavy atom. The van der Waals surface area contributed by atoms with Crippen LogP contribution in [-0.4, -0.2) is 28.2 Å². The van der Waals surface area contributed by atoms with E-state index >= 15 is 0 Å². The zero-order valence-corrected chi connectivity index (χ0v) is 6.80. The summed E-state index contributed by atoms with van der Waals surface area (Å²) in [7, 11) is 0. The molecule has 2 heterocycles. The molecule has 0 aromatic carbocycles. The number of rotatable bonds is 2. The lowest BCUT2D eigenvalue weighted by Crippen LogP contribution is -2.36. The molecule has 0 aliphatic carbocycles. The van der Waals surface area contributed by atoms with Crippen molar-refractivity contribution in [3.05, 3.63) is 17.5 Å². The molecule has 0 radical (unpaired) electrons. The van der Waals surface area contributed by atoms with Gasteiger partial charge >= 0.3 is 0 Å². The van der Waals surface area contributed by atoms with Gasteiger partial charge in [-0.3, -0.25) is 10.00 Å². The summed E-state index contributed by atoms with van der Waals surface area (Å²) in [5.41, 5.74) is 2.54. The summed E-state index contributed by atoms with van der Waals surface area (Å²) in [6.07, 6.45) is 3.24. The first kappa shape index (κ1) is 6.85. The van der Waals surface area contributed by atoms with Gasteiger partial charge < -0.3 is 0 Å². The number of aromatic nitrogens is 2. The summed E-state index contributed by atoms with van der Waals surface area (Å²) in [6.45, 7) is 5.64. The van der Waals surface area contributed by atoms with Gasteiger partial charge in [0.25, 0.3) is 0 Å². The van der Waals surface area contributed by atoms with E-state index in [1.807, 2.05) is 6.20 Å². The third-order valence-electron chi connectivity index (χ3n) is 2.26. The Morgan fingerprint density at radius 3 is 2.91 bits per heavy atom. The quantitative estimate of drug-likeness (QED) is 0.681. The molecular formula is C8H13N3. The zero-order valence-electron chi connectivity index (χ0n) is 6.80. The summed E-state index contributed by atoms with van der Waals surface area (Å²) in [4.78, 5) is 2.42. The second kappa shape index (κ2) is 2.66. The maximum absolute atomic E-state index is 3.98. The average Bonchev–Trinajstić information content (AvgIpc) is 2.27. The maximum Gasteiger partial charge on any atom is 0.0521 e. The molecule has 2 rings (SSSR count). The number of H-pyrrole nitrogens is 1. The van der Waals surface area contributed by atoms with Crippen LogP contribution in [0.3, 0.4) is 0 Å². The van der Waals surface area contributed by atoms with E-state index in [9.17, 15) is 0 Å². The van der Waals surface area contributed by atoms with Crippen LogP contribution in [0.2, 0.25) is 0 Å². The summed E-state index contributed by atoms with van der Waals surface area (Å²) in [5.74, 6) is 0. The molecule has 1 fully saturated rings. The topological polar surface area (TPSA) is 31.9 Å². The summed E-state index contributed by atoms with van der Waals surface area (Å²) < 4.78 is 0. The van der Waals surface area contributed by atoms with Crippen LogP contribution in [0.5, 0.6) is 0 Å². The first-order chi connectivity index (χ1) is 5.36. The summed E-state index contributed by atoms with van der Waals surface area (Å²) >= 11 is 0. The molecule has 1 aromatic rings. The van der Waals surface area contributed by atoms with Crippen LogP contribution in [0.15, 0.2) is 6.20 Å².